The molecule has 0 radical (unpaired) electrons. The Morgan fingerprint density at radius 1 is 0.326 bits per heavy atom. The van der Waals surface area contributed by atoms with E-state index in [1.165, 1.54) is 0 Å². The van der Waals surface area contributed by atoms with Gasteiger partial charge in [0.2, 0.25) is 0 Å². The van der Waals surface area contributed by atoms with Crippen LogP contribution in [0.2, 0.25) is 0 Å². The standard InChI is InChI=1S/C32H67NO13/c1-4-32(2)31-46-30-29-45-28-27-44-26-25-43-24-23-42-22-21-41-20-19-40-18-17-39-16-15-38-14-13-37-12-11-36-10-9-35-8-7-34-6-5-33-3/h32-33H,4-31H2,1-3H3. The van der Waals surface area contributed by atoms with Crippen molar-refractivity contribution in [3.63, 3.8) is 0 Å². The van der Waals surface area contributed by atoms with Crippen molar-refractivity contribution in [3.05, 3.63) is 0 Å². The molecule has 0 heterocycles. The van der Waals surface area contributed by atoms with E-state index in [0.717, 1.165) is 19.6 Å². The molecule has 1 atom stereocenters. The van der Waals surface area contributed by atoms with Gasteiger partial charge >= 0.3 is 0 Å². The summed E-state index contributed by atoms with van der Waals surface area (Å²) in [5.41, 5.74) is 0. The molecular formula is C32H67NO13. The van der Waals surface area contributed by atoms with Gasteiger partial charge in [-0.25, -0.2) is 0 Å². The molecule has 0 amide bonds. The third-order valence-electron chi connectivity index (χ3n) is 6.06. The van der Waals surface area contributed by atoms with Crippen LogP contribution in [0.1, 0.15) is 20.3 Å². The van der Waals surface area contributed by atoms with E-state index in [1.807, 2.05) is 7.05 Å². The van der Waals surface area contributed by atoms with E-state index in [2.05, 4.69) is 19.2 Å². The minimum absolute atomic E-state index is 0.514. The maximum absolute atomic E-state index is 5.53. The Morgan fingerprint density at radius 3 is 0.717 bits per heavy atom. The Balaban J connectivity index is 3.04. The number of nitrogens with one attached hydrogen (secondary N) is 1. The molecule has 14 heteroatoms. The fourth-order valence-corrected chi connectivity index (χ4v) is 3.22. The van der Waals surface area contributed by atoms with Gasteiger partial charge in [-0.2, -0.15) is 0 Å². The van der Waals surface area contributed by atoms with E-state index < -0.39 is 0 Å². The maximum Gasteiger partial charge on any atom is 0.0701 e. The summed E-state index contributed by atoms with van der Waals surface area (Å²) < 4.78 is 71.1. The largest absolute Gasteiger partial charge is 0.379 e. The monoisotopic (exact) mass is 673 g/mol. The minimum atomic E-state index is 0.514. The van der Waals surface area contributed by atoms with Gasteiger partial charge in [0.05, 0.1) is 165 Å². The molecule has 1 N–H and O–H groups in total. The first kappa shape index (κ1) is 45.4. The van der Waals surface area contributed by atoms with E-state index >= 15 is 0 Å². The topological polar surface area (TPSA) is 132 Å². The zero-order valence-corrected chi connectivity index (χ0v) is 29.2. The third kappa shape index (κ3) is 41.5. The second kappa shape index (κ2) is 42.5. The lowest BCUT2D eigenvalue weighted by Crippen LogP contribution is -2.17. The summed E-state index contributed by atoms with van der Waals surface area (Å²) in [4.78, 5) is 0. The quantitative estimate of drug-likeness (QED) is 0.0939. The summed E-state index contributed by atoms with van der Waals surface area (Å²) in [7, 11) is 1.90. The number of hydrogen-bond acceptors (Lipinski definition) is 14. The summed E-state index contributed by atoms with van der Waals surface area (Å²) in [5, 5.41) is 3.02. The van der Waals surface area contributed by atoms with Crippen LogP contribution >= 0.6 is 0 Å². The van der Waals surface area contributed by atoms with Crippen molar-refractivity contribution in [3.8, 4) is 0 Å². The molecule has 0 spiro atoms. The molecule has 0 saturated carbocycles. The molecule has 0 aromatic heterocycles. The highest BCUT2D eigenvalue weighted by Crippen LogP contribution is 2.00. The molecule has 46 heavy (non-hydrogen) atoms. The Bertz CT molecular complexity index is 540. The zero-order valence-electron chi connectivity index (χ0n) is 29.2. The molecule has 0 aromatic carbocycles. The molecule has 0 fully saturated rings. The Hall–Kier alpha value is -0.560. The van der Waals surface area contributed by atoms with E-state index in [9.17, 15) is 0 Å². The average Bonchev–Trinajstić information content (AvgIpc) is 3.07. The second-order valence-electron chi connectivity index (χ2n) is 10.0. The number of rotatable bonds is 42. The molecule has 0 aliphatic rings. The smallest absolute Gasteiger partial charge is 0.0701 e. The van der Waals surface area contributed by atoms with Gasteiger partial charge in [-0.1, -0.05) is 20.3 Å². The van der Waals surface area contributed by atoms with Gasteiger partial charge < -0.3 is 66.9 Å². The summed E-state index contributed by atoms with van der Waals surface area (Å²) >= 11 is 0. The third-order valence-corrected chi connectivity index (χ3v) is 6.06. The first-order chi connectivity index (χ1) is 22.8. The van der Waals surface area contributed by atoms with Crippen molar-refractivity contribution < 1.29 is 61.6 Å². The van der Waals surface area contributed by atoms with E-state index in [-0.39, 0.29) is 0 Å². The molecule has 0 rings (SSSR count). The Kier molecular flexibility index (Phi) is 41.9. The molecule has 0 saturated heterocycles. The van der Waals surface area contributed by atoms with Gasteiger partial charge in [0, 0.05) is 13.2 Å². The van der Waals surface area contributed by atoms with Gasteiger partial charge in [-0.05, 0) is 13.0 Å². The van der Waals surface area contributed by atoms with Gasteiger partial charge in [0.25, 0.3) is 0 Å². The highest BCUT2D eigenvalue weighted by molar-refractivity contribution is 4.46. The van der Waals surface area contributed by atoms with Crippen molar-refractivity contribution in [1.29, 1.82) is 0 Å². The minimum Gasteiger partial charge on any atom is -0.379 e. The lowest BCUT2D eigenvalue weighted by molar-refractivity contribution is -0.0292. The lowest BCUT2D eigenvalue weighted by Gasteiger charge is -2.10. The average molecular weight is 674 g/mol. The molecule has 0 aromatic rings. The van der Waals surface area contributed by atoms with Crippen molar-refractivity contribution in [1.82, 2.24) is 5.32 Å². The fraction of sp³-hybridized carbons (Fsp3) is 1.00. The van der Waals surface area contributed by atoms with Gasteiger partial charge in [0.15, 0.2) is 0 Å². The molecular weight excluding hydrogens is 606 g/mol. The first-order valence-electron chi connectivity index (χ1n) is 17.0. The van der Waals surface area contributed by atoms with E-state index in [0.29, 0.717) is 171 Å². The summed E-state index contributed by atoms with van der Waals surface area (Å²) in [6.07, 6.45) is 1.13. The van der Waals surface area contributed by atoms with Crippen LogP contribution in [-0.4, -0.2) is 185 Å². The van der Waals surface area contributed by atoms with Gasteiger partial charge in [-0.3, -0.25) is 0 Å². The van der Waals surface area contributed by atoms with Crippen LogP contribution in [0.4, 0.5) is 0 Å². The molecule has 14 nitrogen and oxygen atoms in total. The van der Waals surface area contributed by atoms with Crippen LogP contribution in [0.5, 0.6) is 0 Å². The van der Waals surface area contributed by atoms with E-state index in [1.54, 1.807) is 0 Å². The van der Waals surface area contributed by atoms with Crippen LogP contribution < -0.4 is 5.32 Å². The van der Waals surface area contributed by atoms with E-state index in [4.69, 9.17) is 61.6 Å². The molecule has 0 bridgehead atoms. The van der Waals surface area contributed by atoms with Crippen LogP contribution in [0.3, 0.4) is 0 Å². The summed E-state index contributed by atoms with van der Waals surface area (Å²) in [5.74, 6) is 0.597. The van der Waals surface area contributed by atoms with Crippen LogP contribution in [0.25, 0.3) is 0 Å². The number of ether oxygens (including phenoxy) is 13. The first-order valence-corrected chi connectivity index (χ1v) is 17.0. The second-order valence-corrected chi connectivity index (χ2v) is 10.0. The Labute approximate surface area is 278 Å². The highest BCUT2D eigenvalue weighted by atomic mass is 16.6. The van der Waals surface area contributed by atoms with Crippen LogP contribution in [0, 0.1) is 5.92 Å². The maximum atomic E-state index is 5.53. The lowest BCUT2D eigenvalue weighted by atomic mass is 10.1. The summed E-state index contributed by atoms with van der Waals surface area (Å²) in [6.45, 7) is 19.6. The van der Waals surface area contributed by atoms with Crippen molar-refractivity contribution >= 4 is 0 Å². The van der Waals surface area contributed by atoms with Crippen LogP contribution in [-0.2, 0) is 61.6 Å². The normalized spacial score (nSPS) is 12.3. The van der Waals surface area contributed by atoms with Crippen molar-refractivity contribution in [2.75, 3.05) is 185 Å². The molecule has 0 aliphatic heterocycles. The predicted molar refractivity (Wildman–Crippen MR) is 174 cm³/mol. The number of likely N-dealkylation sites (N-methyl/N-ethyl adjacent to an activating group) is 1. The van der Waals surface area contributed by atoms with Gasteiger partial charge in [-0.15, -0.1) is 0 Å². The predicted octanol–water partition coefficient (Wildman–Crippen LogP) is 1.47. The summed E-state index contributed by atoms with van der Waals surface area (Å²) in [6, 6.07) is 0. The van der Waals surface area contributed by atoms with Crippen molar-refractivity contribution in [2.45, 2.75) is 20.3 Å². The fourth-order valence-electron chi connectivity index (χ4n) is 3.22. The van der Waals surface area contributed by atoms with Crippen molar-refractivity contribution in [2.24, 2.45) is 5.92 Å². The molecule has 1 unspecified atom stereocenters. The van der Waals surface area contributed by atoms with Gasteiger partial charge in [0.1, 0.15) is 0 Å². The highest BCUT2D eigenvalue weighted by Gasteiger charge is 1.99. The molecule has 278 valence electrons. The SMILES string of the molecule is CCC(C)COCCOCCOCCOCCOCCOCCOCCOCCOCCOCCOCCOCCOCCNC. The Morgan fingerprint density at radius 2 is 0.522 bits per heavy atom. The molecule has 0 aliphatic carbocycles. The zero-order chi connectivity index (χ0) is 33.3. The number of hydrogen-bond donors (Lipinski definition) is 1. The van der Waals surface area contributed by atoms with Crippen LogP contribution in [0.15, 0.2) is 0 Å².